The average Bonchev–Trinajstić information content (AvgIpc) is 2.76. The van der Waals surface area contributed by atoms with Crippen LogP contribution in [0.15, 0.2) is 15.8 Å². The molecule has 2 heterocycles. The van der Waals surface area contributed by atoms with Crippen molar-refractivity contribution in [2.24, 2.45) is 0 Å². The number of aromatic amines is 1. The zero-order valence-electron chi connectivity index (χ0n) is 13.1. The highest BCUT2D eigenvalue weighted by Gasteiger charge is 2.54. The molecule has 1 unspecified atom stereocenters. The summed E-state index contributed by atoms with van der Waals surface area (Å²) in [5, 5.41) is 19.1. The lowest BCUT2D eigenvalue weighted by atomic mass is 10.2. The minimum absolute atomic E-state index is 0.0539. The molecule has 26 heavy (non-hydrogen) atoms. The molecule has 1 saturated heterocycles. The fraction of sp³-hybridized carbons (Fsp3) is 0.600. The van der Waals surface area contributed by atoms with E-state index in [4.69, 9.17) is 14.5 Å². The lowest BCUT2D eigenvalue weighted by Gasteiger charge is -2.31. The maximum atomic E-state index is 12.1. The Bertz CT molecular complexity index is 889. The number of hydrogen-bond acceptors (Lipinski definition) is 9. The molecule has 6 N–H and O–H groups in total. The molecule has 0 bridgehead atoms. The van der Waals surface area contributed by atoms with Crippen molar-refractivity contribution in [3.8, 4) is 0 Å². The molecule has 4 atom stereocenters. The van der Waals surface area contributed by atoms with Crippen molar-refractivity contribution in [1.29, 1.82) is 0 Å². The van der Waals surface area contributed by atoms with Crippen molar-refractivity contribution in [2.75, 3.05) is 6.61 Å². The van der Waals surface area contributed by atoms with Crippen LogP contribution in [0.2, 0.25) is 0 Å². The van der Waals surface area contributed by atoms with Crippen molar-refractivity contribution in [2.45, 2.75) is 31.5 Å². The number of nitrogens with one attached hydrogen (secondary N) is 1. The Labute approximate surface area is 144 Å². The van der Waals surface area contributed by atoms with Gasteiger partial charge in [0, 0.05) is 11.8 Å². The van der Waals surface area contributed by atoms with E-state index in [9.17, 15) is 33.8 Å². The number of aliphatic hydroxyl groups is 2. The highest BCUT2D eigenvalue weighted by Crippen LogP contribution is 2.61. The molecular formula is C10H16N2O12P2. The van der Waals surface area contributed by atoms with E-state index in [2.05, 4.69) is 8.83 Å². The van der Waals surface area contributed by atoms with Gasteiger partial charge in [-0.25, -0.2) is 23.0 Å². The first-order chi connectivity index (χ1) is 11.8. The minimum Gasteiger partial charge on any atom is -0.394 e. The predicted molar refractivity (Wildman–Crippen MR) is 80.7 cm³/mol. The second-order valence-corrected chi connectivity index (χ2v) is 8.15. The summed E-state index contributed by atoms with van der Waals surface area (Å²) in [4.78, 5) is 52.5. The van der Waals surface area contributed by atoms with Crippen LogP contribution in [0.3, 0.4) is 0 Å². The number of nitrogens with zero attached hydrogens (tertiary/aromatic N) is 1. The van der Waals surface area contributed by atoms with Crippen molar-refractivity contribution in [3.05, 3.63) is 32.6 Å². The molecule has 0 aliphatic carbocycles. The van der Waals surface area contributed by atoms with E-state index < -0.39 is 58.0 Å². The Morgan fingerprint density at radius 1 is 1.38 bits per heavy atom. The molecule has 14 nitrogen and oxygen atoms in total. The average molecular weight is 418 g/mol. The number of rotatable bonds is 6. The topological polar surface area (TPSA) is 218 Å². The van der Waals surface area contributed by atoms with Crippen LogP contribution in [0.1, 0.15) is 12.0 Å². The summed E-state index contributed by atoms with van der Waals surface area (Å²) < 4.78 is 36.8. The molecule has 0 saturated carbocycles. The summed E-state index contributed by atoms with van der Waals surface area (Å²) in [6.45, 7) is 0.500. The first kappa shape index (κ1) is 21.1. The van der Waals surface area contributed by atoms with Crippen molar-refractivity contribution in [1.82, 2.24) is 9.55 Å². The summed E-state index contributed by atoms with van der Waals surface area (Å²) in [5.41, 5.74) is -2.01. The van der Waals surface area contributed by atoms with Gasteiger partial charge in [-0.1, -0.05) is 0 Å². The van der Waals surface area contributed by atoms with Crippen molar-refractivity contribution >= 4 is 15.6 Å². The maximum Gasteiger partial charge on any atom is 0.485 e. The number of H-pyrrole nitrogens is 1. The summed E-state index contributed by atoms with van der Waals surface area (Å²) in [5.74, 6) is -2.60. The third kappa shape index (κ3) is 4.56. The molecule has 1 aliphatic heterocycles. The van der Waals surface area contributed by atoms with Crippen LogP contribution >= 0.6 is 15.6 Å². The fourth-order valence-corrected chi connectivity index (χ4v) is 4.10. The summed E-state index contributed by atoms with van der Waals surface area (Å²) in [6, 6.07) is 0. The van der Waals surface area contributed by atoms with Crippen LogP contribution in [0, 0.1) is 6.92 Å². The second-order valence-electron chi connectivity index (χ2n) is 5.40. The highest BCUT2D eigenvalue weighted by atomic mass is 31.3. The Morgan fingerprint density at radius 2 is 2.00 bits per heavy atom. The summed E-state index contributed by atoms with van der Waals surface area (Å²) in [6.07, 6.45) is -2.69. The monoisotopic (exact) mass is 418 g/mol. The van der Waals surface area contributed by atoms with Gasteiger partial charge in [-0.05, 0) is 6.92 Å². The second kappa shape index (κ2) is 7.09. The van der Waals surface area contributed by atoms with Gasteiger partial charge >= 0.3 is 21.3 Å². The fourth-order valence-electron chi connectivity index (χ4n) is 2.33. The number of phosphoric ester groups is 1. The van der Waals surface area contributed by atoms with Gasteiger partial charge < -0.3 is 29.6 Å². The Hall–Kier alpha value is -1.18. The van der Waals surface area contributed by atoms with E-state index in [-0.39, 0.29) is 5.56 Å². The SMILES string of the molecule is Cc1cn([C@@]2(OP(=O)(O)OP(=O)(O)O)C[C@H](O)[C@@H](CO)O2)c(=O)[nH]c1=O. The van der Waals surface area contributed by atoms with E-state index in [1.165, 1.54) is 6.92 Å². The number of aryl methyl sites for hydroxylation is 1. The Balaban J connectivity index is 2.57. The van der Waals surface area contributed by atoms with Gasteiger partial charge in [-0.2, -0.15) is 4.31 Å². The molecule has 0 amide bonds. The van der Waals surface area contributed by atoms with Crippen LogP contribution in [-0.4, -0.2) is 53.3 Å². The third-order valence-corrected chi connectivity index (χ3v) is 5.56. The van der Waals surface area contributed by atoms with Crippen LogP contribution < -0.4 is 11.2 Å². The van der Waals surface area contributed by atoms with E-state index in [1.807, 2.05) is 4.98 Å². The normalized spacial score (nSPS) is 28.8. The van der Waals surface area contributed by atoms with Crippen LogP contribution in [-0.2, 0) is 28.6 Å². The molecule has 1 fully saturated rings. The van der Waals surface area contributed by atoms with Crippen LogP contribution in [0.25, 0.3) is 0 Å². The molecule has 2 rings (SSSR count). The lowest BCUT2D eigenvalue weighted by Crippen LogP contribution is -2.46. The first-order valence-electron chi connectivity index (χ1n) is 6.89. The number of aliphatic hydroxyl groups excluding tert-OH is 2. The number of hydrogen-bond donors (Lipinski definition) is 6. The Morgan fingerprint density at radius 3 is 2.50 bits per heavy atom. The summed E-state index contributed by atoms with van der Waals surface area (Å²) >= 11 is 0. The van der Waals surface area contributed by atoms with E-state index >= 15 is 0 Å². The molecule has 1 aromatic heterocycles. The van der Waals surface area contributed by atoms with E-state index in [1.54, 1.807) is 0 Å². The molecule has 0 aromatic carbocycles. The number of phosphoric acid groups is 2. The summed E-state index contributed by atoms with van der Waals surface area (Å²) in [7, 11) is -11.0. The van der Waals surface area contributed by atoms with Crippen LogP contribution in [0.5, 0.6) is 0 Å². The van der Waals surface area contributed by atoms with Gasteiger partial charge in [-0.15, -0.1) is 0 Å². The predicted octanol–water partition coefficient (Wildman–Crippen LogP) is -2.18. The maximum absolute atomic E-state index is 12.1. The van der Waals surface area contributed by atoms with Gasteiger partial charge in [-0.3, -0.25) is 9.78 Å². The molecule has 0 spiro atoms. The molecule has 1 aliphatic rings. The molecule has 16 heteroatoms. The highest BCUT2D eigenvalue weighted by molar-refractivity contribution is 7.60. The van der Waals surface area contributed by atoms with E-state index in [0.717, 1.165) is 6.20 Å². The van der Waals surface area contributed by atoms with Gasteiger partial charge in [0.05, 0.1) is 19.1 Å². The van der Waals surface area contributed by atoms with E-state index in [0.29, 0.717) is 4.57 Å². The Kier molecular flexibility index (Phi) is 5.76. The number of aromatic nitrogens is 2. The number of ether oxygens (including phenoxy) is 1. The first-order valence-corrected chi connectivity index (χ1v) is 9.91. The largest absolute Gasteiger partial charge is 0.485 e. The van der Waals surface area contributed by atoms with Gasteiger partial charge in [0.1, 0.15) is 6.10 Å². The molecule has 0 radical (unpaired) electrons. The smallest absolute Gasteiger partial charge is 0.394 e. The van der Waals surface area contributed by atoms with Gasteiger partial charge in [0.25, 0.3) is 11.5 Å². The van der Waals surface area contributed by atoms with Crippen molar-refractivity contribution in [3.63, 3.8) is 0 Å². The zero-order valence-corrected chi connectivity index (χ0v) is 14.9. The zero-order chi connectivity index (χ0) is 19.9. The minimum atomic E-state index is -5.54. The molecule has 1 aromatic rings. The molecular weight excluding hydrogens is 402 g/mol. The quantitative estimate of drug-likeness (QED) is 0.272. The van der Waals surface area contributed by atoms with Gasteiger partial charge in [0.15, 0.2) is 0 Å². The third-order valence-electron chi connectivity index (χ3n) is 3.37. The molecule has 148 valence electrons. The van der Waals surface area contributed by atoms with Crippen molar-refractivity contribution < 1.29 is 47.6 Å². The lowest BCUT2D eigenvalue weighted by molar-refractivity contribution is -0.246. The standard InChI is InChI=1S/C10H16N2O12P2/c1-5-3-12(9(16)11-8(5)15)10(2-6(14)7(4-13)22-10)23-26(20,21)24-25(17,18)19/h3,6-7,13-14H,2,4H2,1H3,(H,20,21)(H,11,15,16)(H2,17,18,19)/t6-,7+,10-/m0/s1. The van der Waals surface area contributed by atoms with Gasteiger partial charge in [0.2, 0.25) is 0 Å². The van der Waals surface area contributed by atoms with Crippen LogP contribution in [0.4, 0.5) is 0 Å².